The lowest BCUT2D eigenvalue weighted by Gasteiger charge is -2.09. The number of nitrogens with zero attached hydrogens (tertiary/aromatic N) is 5. The monoisotopic (exact) mass is 333 g/mol. The van der Waals surface area contributed by atoms with E-state index in [1.165, 1.54) is 6.33 Å². The lowest BCUT2D eigenvalue weighted by atomic mass is 10.2. The van der Waals surface area contributed by atoms with Crippen LogP contribution >= 0.6 is 0 Å². The molecule has 0 spiro atoms. The summed E-state index contributed by atoms with van der Waals surface area (Å²) in [6, 6.07) is 9.22. The maximum atomic E-state index is 8.91. The molecule has 0 radical (unpaired) electrons. The van der Waals surface area contributed by atoms with Crippen molar-refractivity contribution in [2.45, 2.75) is 33.2 Å². The van der Waals surface area contributed by atoms with Gasteiger partial charge in [0.1, 0.15) is 17.8 Å². The minimum absolute atomic E-state index is 0.605. The van der Waals surface area contributed by atoms with Gasteiger partial charge in [-0.25, -0.2) is 9.97 Å². The average molecular weight is 333 g/mol. The van der Waals surface area contributed by atoms with E-state index in [0.717, 1.165) is 35.5 Å². The third kappa shape index (κ3) is 3.66. The van der Waals surface area contributed by atoms with E-state index < -0.39 is 0 Å². The van der Waals surface area contributed by atoms with Gasteiger partial charge in [0.15, 0.2) is 5.75 Å². The van der Waals surface area contributed by atoms with Gasteiger partial charge in [0.2, 0.25) is 0 Å². The van der Waals surface area contributed by atoms with Crippen molar-refractivity contribution in [3.05, 3.63) is 65.5 Å². The summed E-state index contributed by atoms with van der Waals surface area (Å²) in [5, 5.41) is 13.6. The Morgan fingerprint density at radius 3 is 2.40 bits per heavy atom. The molecule has 126 valence electrons. The Kier molecular flexibility index (Phi) is 5.05. The zero-order chi connectivity index (χ0) is 17.6. The van der Waals surface area contributed by atoms with Crippen LogP contribution in [0.2, 0.25) is 0 Å². The van der Waals surface area contributed by atoms with E-state index in [2.05, 4.69) is 29.9 Å². The molecule has 0 saturated carbocycles. The third-order valence-electron chi connectivity index (χ3n) is 3.90. The van der Waals surface area contributed by atoms with Crippen LogP contribution in [0.4, 0.5) is 0 Å². The molecule has 0 aliphatic heterocycles. The van der Waals surface area contributed by atoms with E-state index in [4.69, 9.17) is 15.1 Å². The third-order valence-corrected chi connectivity index (χ3v) is 3.90. The Morgan fingerprint density at radius 2 is 1.80 bits per heavy atom. The highest BCUT2D eigenvalue weighted by Gasteiger charge is 2.18. The lowest BCUT2D eigenvalue weighted by Crippen LogP contribution is -2.07. The van der Waals surface area contributed by atoms with Crippen LogP contribution in [0, 0.1) is 11.3 Å². The van der Waals surface area contributed by atoms with E-state index >= 15 is 0 Å². The minimum atomic E-state index is 0.605. The second-order valence-electron chi connectivity index (χ2n) is 5.57. The van der Waals surface area contributed by atoms with Crippen LogP contribution in [-0.2, 0) is 19.4 Å². The van der Waals surface area contributed by atoms with Crippen molar-refractivity contribution in [3.63, 3.8) is 0 Å². The molecular weight excluding hydrogens is 314 g/mol. The summed E-state index contributed by atoms with van der Waals surface area (Å²) < 4.78 is 8.07. The largest absolute Gasteiger partial charge is 0.453 e. The first-order chi connectivity index (χ1) is 12.2. The number of hydrogen-bond donors (Lipinski definition) is 0. The Balaban J connectivity index is 1.93. The predicted molar refractivity (Wildman–Crippen MR) is 93.3 cm³/mol. The van der Waals surface area contributed by atoms with Crippen molar-refractivity contribution in [1.29, 1.82) is 5.26 Å². The van der Waals surface area contributed by atoms with Gasteiger partial charge in [0, 0.05) is 18.0 Å². The molecule has 3 rings (SSSR count). The van der Waals surface area contributed by atoms with Crippen LogP contribution < -0.4 is 4.74 Å². The van der Waals surface area contributed by atoms with E-state index in [0.29, 0.717) is 17.9 Å². The zero-order valence-corrected chi connectivity index (χ0v) is 14.3. The normalized spacial score (nSPS) is 10.4. The zero-order valence-electron chi connectivity index (χ0n) is 14.3. The Hall–Kier alpha value is -3.20. The second-order valence-corrected chi connectivity index (χ2v) is 5.57. The van der Waals surface area contributed by atoms with Gasteiger partial charge in [0.25, 0.3) is 0 Å². The van der Waals surface area contributed by atoms with Crippen molar-refractivity contribution >= 4 is 0 Å². The van der Waals surface area contributed by atoms with Crippen molar-refractivity contribution in [2.75, 3.05) is 0 Å². The van der Waals surface area contributed by atoms with E-state index in [9.17, 15) is 0 Å². The summed E-state index contributed by atoms with van der Waals surface area (Å²) in [4.78, 5) is 8.12. The fourth-order valence-corrected chi connectivity index (χ4v) is 2.66. The molecule has 0 saturated heterocycles. The topological polar surface area (TPSA) is 76.6 Å². The number of aryl methyl sites for hydroxylation is 1. The van der Waals surface area contributed by atoms with Gasteiger partial charge in [-0.1, -0.05) is 13.8 Å². The molecule has 25 heavy (non-hydrogen) atoms. The highest BCUT2D eigenvalue weighted by molar-refractivity contribution is 5.41. The lowest BCUT2D eigenvalue weighted by molar-refractivity contribution is 0.469. The molecule has 0 aliphatic carbocycles. The van der Waals surface area contributed by atoms with Crippen LogP contribution in [0.3, 0.4) is 0 Å². The fraction of sp³-hybridized carbons (Fsp3) is 0.263. The molecule has 2 aromatic heterocycles. The van der Waals surface area contributed by atoms with Crippen LogP contribution in [-0.4, -0.2) is 19.7 Å². The number of hydrogen-bond acceptors (Lipinski definition) is 5. The first-order valence-electron chi connectivity index (χ1n) is 8.25. The first-order valence-corrected chi connectivity index (χ1v) is 8.25. The summed E-state index contributed by atoms with van der Waals surface area (Å²) in [7, 11) is 0. The van der Waals surface area contributed by atoms with Crippen molar-refractivity contribution < 1.29 is 4.74 Å². The molecule has 1 aromatic carbocycles. The second kappa shape index (κ2) is 7.58. The van der Waals surface area contributed by atoms with Gasteiger partial charge < -0.3 is 4.74 Å². The molecule has 0 aliphatic rings. The number of benzene rings is 1. The molecule has 0 unspecified atom stereocenters. The van der Waals surface area contributed by atoms with Gasteiger partial charge in [-0.3, -0.25) is 4.68 Å². The van der Waals surface area contributed by atoms with Gasteiger partial charge in [-0.2, -0.15) is 10.4 Å². The Bertz CT molecular complexity index is 879. The van der Waals surface area contributed by atoms with Gasteiger partial charge >= 0.3 is 0 Å². The van der Waals surface area contributed by atoms with Crippen LogP contribution in [0.1, 0.15) is 36.4 Å². The standard InChI is InChI=1S/C19H19N5O/c1-3-17-19(25-16-7-5-14(9-20)6-8-16)18(4-2)24(23-17)12-15-10-21-13-22-11-15/h5-8,10-11,13H,3-4,12H2,1-2H3. The maximum Gasteiger partial charge on any atom is 0.171 e. The molecule has 3 aromatic rings. The highest BCUT2D eigenvalue weighted by atomic mass is 16.5. The number of nitriles is 1. The SMILES string of the molecule is CCc1nn(Cc2cncnc2)c(CC)c1Oc1ccc(C#N)cc1. The number of aromatic nitrogens is 4. The van der Waals surface area contributed by atoms with Crippen LogP contribution in [0.25, 0.3) is 0 Å². The maximum absolute atomic E-state index is 8.91. The molecule has 6 heteroatoms. The average Bonchev–Trinajstić information content (AvgIpc) is 2.99. The van der Waals surface area contributed by atoms with Crippen LogP contribution in [0.5, 0.6) is 11.5 Å². The quantitative estimate of drug-likeness (QED) is 0.690. The highest BCUT2D eigenvalue weighted by Crippen LogP contribution is 2.30. The first kappa shape index (κ1) is 16.7. The molecule has 0 amide bonds. The number of rotatable bonds is 6. The van der Waals surface area contributed by atoms with E-state index in [1.54, 1.807) is 36.7 Å². The smallest absolute Gasteiger partial charge is 0.171 e. The molecule has 2 heterocycles. The molecule has 0 N–H and O–H groups in total. The summed E-state index contributed by atoms with van der Waals surface area (Å²) in [5.41, 5.74) is 3.55. The number of ether oxygens (including phenoxy) is 1. The molecule has 0 bridgehead atoms. The van der Waals surface area contributed by atoms with E-state index in [1.807, 2.05) is 4.68 Å². The molecular formula is C19H19N5O. The van der Waals surface area contributed by atoms with Gasteiger partial charge in [0.05, 0.1) is 23.9 Å². The summed E-state index contributed by atoms with van der Waals surface area (Å²) in [6.45, 7) is 4.75. The van der Waals surface area contributed by atoms with Crippen LogP contribution in [0.15, 0.2) is 43.0 Å². The summed E-state index contributed by atoms with van der Waals surface area (Å²) >= 11 is 0. The Morgan fingerprint density at radius 1 is 1.08 bits per heavy atom. The molecule has 0 atom stereocenters. The summed E-state index contributed by atoms with van der Waals surface area (Å²) in [6.07, 6.45) is 6.68. The van der Waals surface area contributed by atoms with Crippen molar-refractivity contribution in [2.24, 2.45) is 0 Å². The predicted octanol–water partition coefficient (Wildman–Crippen LogP) is 3.51. The minimum Gasteiger partial charge on any atom is -0.453 e. The van der Waals surface area contributed by atoms with Gasteiger partial charge in [-0.15, -0.1) is 0 Å². The van der Waals surface area contributed by atoms with E-state index in [-0.39, 0.29) is 0 Å². The van der Waals surface area contributed by atoms with Crippen molar-refractivity contribution in [3.8, 4) is 17.6 Å². The Labute approximate surface area is 146 Å². The van der Waals surface area contributed by atoms with Gasteiger partial charge in [-0.05, 0) is 37.1 Å². The molecule has 6 nitrogen and oxygen atoms in total. The summed E-state index contributed by atoms with van der Waals surface area (Å²) in [5.74, 6) is 1.50. The molecule has 0 fully saturated rings. The fourth-order valence-electron chi connectivity index (χ4n) is 2.66. The van der Waals surface area contributed by atoms with Crippen molar-refractivity contribution in [1.82, 2.24) is 19.7 Å².